The molecular weight excluding hydrogens is 288 g/mol. The maximum absolute atomic E-state index is 12.6. The number of likely N-dealkylation sites (N-methyl/N-ethyl adjacent to an activating group) is 1. The molecule has 2 N–H and O–H groups in total. The summed E-state index contributed by atoms with van der Waals surface area (Å²) >= 11 is 0. The van der Waals surface area contributed by atoms with Crippen LogP contribution in [-0.2, 0) is 15.8 Å². The van der Waals surface area contributed by atoms with Crippen molar-refractivity contribution in [2.75, 3.05) is 33.2 Å². The van der Waals surface area contributed by atoms with E-state index >= 15 is 0 Å². The maximum atomic E-state index is 12.6. The minimum atomic E-state index is -3.43. The summed E-state index contributed by atoms with van der Waals surface area (Å²) in [5.41, 5.74) is 6.81. The number of hydrogen-bond acceptors (Lipinski definition) is 5. The zero-order chi connectivity index (χ0) is 15.5. The van der Waals surface area contributed by atoms with Gasteiger partial charge in [0.1, 0.15) is 0 Å². The summed E-state index contributed by atoms with van der Waals surface area (Å²) in [6.45, 7) is 2.11. The minimum absolute atomic E-state index is 0.0945. The van der Waals surface area contributed by atoms with Crippen LogP contribution in [0.2, 0.25) is 0 Å². The van der Waals surface area contributed by atoms with Gasteiger partial charge in [0.25, 0.3) is 0 Å². The Balaban J connectivity index is 2.19. The molecule has 1 atom stereocenters. The predicted molar refractivity (Wildman–Crippen MR) is 80.8 cm³/mol. The van der Waals surface area contributed by atoms with Crippen molar-refractivity contribution in [2.45, 2.75) is 11.8 Å². The molecule has 1 aliphatic heterocycles. The molecule has 0 spiro atoms. The van der Waals surface area contributed by atoms with Gasteiger partial charge in [0.2, 0.25) is 10.0 Å². The first kappa shape index (κ1) is 15.9. The molecule has 0 bridgehead atoms. The Labute approximate surface area is 125 Å². The highest BCUT2D eigenvalue weighted by molar-refractivity contribution is 7.88. The number of nitriles is 1. The molecule has 114 valence electrons. The number of hydrogen-bond donors (Lipinski definition) is 1. The Hall–Kier alpha value is -1.46. The summed E-state index contributed by atoms with van der Waals surface area (Å²) in [5.74, 6) is -0.0945. The molecule has 0 radical (unpaired) electrons. The first-order valence-corrected chi connectivity index (χ1v) is 8.44. The van der Waals surface area contributed by atoms with E-state index in [1.54, 1.807) is 24.3 Å². The molecule has 7 heteroatoms. The van der Waals surface area contributed by atoms with Crippen LogP contribution in [0.15, 0.2) is 24.3 Å². The van der Waals surface area contributed by atoms with E-state index in [0.717, 1.165) is 0 Å². The third kappa shape index (κ3) is 3.80. The van der Waals surface area contributed by atoms with Crippen molar-refractivity contribution in [1.29, 1.82) is 5.26 Å². The van der Waals surface area contributed by atoms with Crippen LogP contribution in [0.25, 0.3) is 0 Å². The molecule has 1 heterocycles. The standard InChI is InChI=1S/C14H20N4O2S/c1-17-5-6-18(14(9-16)10-17)21(19,20)11-13-4-2-3-12(7-13)8-15/h2-4,7,14H,5-6,9-11,16H2,1H3. The molecule has 0 aromatic heterocycles. The van der Waals surface area contributed by atoms with Gasteiger partial charge in [0, 0.05) is 32.2 Å². The molecule has 0 amide bonds. The fourth-order valence-corrected chi connectivity index (χ4v) is 4.31. The fourth-order valence-electron chi connectivity index (χ4n) is 2.58. The Kier molecular flexibility index (Phi) is 4.96. The number of sulfonamides is 1. The van der Waals surface area contributed by atoms with Crippen LogP contribution < -0.4 is 5.73 Å². The molecule has 0 aliphatic carbocycles. The minimum Gasteiger partial charge on any atom is -0.329 e. The average molecular weight is 308 g/mol. The van der Waals surface area contributed by atoms with E-state index in [-0.39, 0.29) is 11.8 Å². The molecule has 1 saturated heterocycles. The second kappa shape index (κ2) is 6.54. The van der Waals surface area contributed by atoms with Crippen molar-refractivity contribution in [3.63, 3.8) is 0 Å². The monoisotopic (exact) mass is 308 g/mol. The van der Waals surface area contributed by atoms with Gasteiger partial charge in [-0.2, -0.15) is 9.57 Å². The van der Waals surface area contributed by atoms with Crippen LogP contribution in [0.3, 0.4) is 0 Å². The van der Waals surface area contributed by atoms with Gasteiger partial charge in [-0.25, -0.2) is 8.42 Å². The van der Waals surface area contributed by atoms with Crippen molar-refractivity contribution in [3.05, 3.63) is 35.4 Å². The van der Waals surface area contributed by atoms with Crippen LogP contribution in [0, 0.1) is 11.3 Å². The Morgan fingerprint density at radius 2 is 2.19 bits per heavy atom. The lowest BCUT2D eigenvalue weighted by Crippen LogP contribution is -2.56. The second-order valence-electron chi connectivity index (χ2n) is 5.33. The van der Waals surface area contributed by atoms with E-state index < -0.39 is 10.0 Å². The van der Waals surface area contributed by atoms with Gasteiger partial charge in [0.05, 0.1) is 17.4 Å². The van der Waals surface area contributed by atoms with Crippen LogP contribution in [0.4, 0.5) is 0 Å². The summed E-state index contributed by atoms with van der Waals surface area (Å²) in [6.07, 6.45) is 0. The van der Waals surface area contributed by atoms with E-state index in [9.17, 15) is 8.42 Å². The van der Waals surface area contributed by atoms with Gasteiger partial charge in [0.15, 0.2) is 0 Å². The highest BCUT2D eigenvalue weighted by Crippen LogP contribution is 2.18. The van der Waals surface area contributed by atoms with Gasteiger partial charge >= 0.3 is 0 Å². The van der Waals surface area contributed by atoms with Crippen LogP contribution in [-0.4, -0.2) is 56.9 Å². The number of rotatable bonds is 4. The highest BCUT2D eigenvalue weighted by atomic mass is 32.2. The molecule has 6 nitrogen and oxygen atoms in total. The third-order valence-electron chi connectivity index (χ3n) is 3.67. The number of nitrogens with zero attached hydrogens (tertiary/aromatic N) is 3. The highest BCUT2D eigenvalue weighted by Gasteiger charge is 2.33. The summed E-state index contributed by atoms with van der Waals surface area (Å²) in [5, 5.41) is 8.89. The molecular formula is C14H20N4O2S. The summed E-state index contributed by atoms with van der Waals surface area (Å²) in [7, 11) is -1.47. The second-order valence-corrected chi connectivity index (χ2v) is 7.25. The van der Waals surface area contributed by atoms with E-state index in [0.29, 0.717) is 37.3 Å². The largest absolute Gasteiger partial charge is 0.329 e. The average Bonchev–Trinajstić information content (AvgIpc) is 2.46. The van der Waals surface area contributed by atoms with Crippen molar-refractivity contribution in [3.8, 4) is 6.07 Å². The van der Waals surface area contributed by atoms with Crippen molar-refractivity contribution in [2.24, 2.45) is 5.73 Å². The van der Waals surface area contributed by atoms with Gasteiger partial charge in [-0.1, -0.05) is 12.1 Å². The smallest absolute Gasteiger partial charge is 0.218 e. The van der Waals surface area contributed by atoms with Gasteiger partial charge in [-0.05, 0) is 24.7 Å². The number of piperazine rings is 1. The summed E-state index contributed by atoms with van der Waals surface area (Å²) < 4.78 is 26.7. The lowest BCUT2D eigenvalue weighted by Gasteiger charge is -2.38. The Morgan fingerprint density at radius 3 is 2.86 bits per heavy atom. The lowest BCUT2D eigenvalue weighted by molar-refractivity contribution is 0.164. The molecule has 2 rings (SSSR count). The quantitative estimate of drug-likeness (QED) is 0.843. The third-order valence-corrected chi connectivity index (χ3v) is 5.56. The fraction of sp³-hybridized carbons (Fsp3) is 0.500. The van der Waals surface area contributed by atoms with Crippen LogP contribution >= 0.6 is 0 Å². The normalized spacial score (nSPS) is 21.1. The van der Waals surface area contributed by atoms with E-state index in [1.807, 2.05) is 13.1 Å². The Morgan fingerprint density at radius 1 is 1.43 bits per heavy atom. The molecule has 1 unspecified atom stereocenters. The predicted octanol–water partition coefficient (Wildman–Crippen LogP) is -0.0372. The lowest BCUT2D eigenvalue weighted by atomic mass is 10.2. The van der Waals surface area contributed by atoms with Crippen molar-refractivity contribution in [1.82, 2.24) is 9.21 Å². The molecule has 1 aromatic rings. The van der Waals surface area contributed by atoms with Gasteiger partial charge in [-0.3, -0.25) is 0 Å². The zero-order valence-corrected chi connectivity index (χ0v) is 12.9. The van der Waals surface area contributed by atoms with Crippen molar-refractivity contribution >= 4 is 10.0 Å². The van der Waals surface area contributed by atoms with E-state index in [2.05, 4.69) is 4.90 Å². The number of nitrogens with two attached hydrogens (primary N) is 1. The van der Waals surface area contributed by atoms with Gasteiger partial charge in [-0.15, -0.1) is 0 Å². The first-order valence-electron chi connectivity index (χ1n) is 6.83. The first-order chi connectivity index (χ1) is 9.96. The topological polar surface area (TPSA) is 90.4 Å². The number of benzene rings is 1. The van der Waals surface area contributed by atoms with Crippen LogP contribution in [0.1, 0.15) is 11.1 Å². The summed E-state index contributed by atoms with van der Waals surface area (Å²) in [4.78, 5) is 2.08. The summed E-state index contributed by atoms with van der Waals surface area (Å²) in [6, 6.07) is 8.54. The Bertz CT molecular complexity index is 639. The van der Waals surface area contributed by atoms with E-state index in [4.69, 9.17) is 11.0 Å². The molecule has 0 saturated carbocycles. The molecule has 1 aromatic carbocycles. The SMILES string of the molecule is CN1CCN(S(=O)(=O)Cc2cccc(C#N)c2)C(CN)C1. The van der Waals surface area contributed by atoms with Gasteiger partial charge < -0.3 is 10.6 Å². The molecule has 1 fully saturated rings. The van der Waals surface area contributed by atoms with Crippen LogP contribution in [0.5, 0.6) is 0 Å². The molecule has 21 heavy (non-hydrogen) atoms. The van der Waals surface area contributed by atoms with E-state index in [1.165, 1.54) is 4.31 Å². The zero-order valence-electron chi connectivity index (χ0n) is 12.1. The maximum Gasteiger partial charge on any atom is 0.218 e. The molecule has 1 aliphatic rings. The van der Waals surface area contributed by atoms with Crippen molar-refractivity contribution < 1.29 is 8.42 Å².